The van der Waals surface area contributed by atoms with E-state index in [0.29, 0.717) is 5.92 Å². The van der Waals surface area contributed by atoms with Gasteiger partial charge in [-0.2, -0.15) is 0 Å². The molecule has 0 spiro atoms. The van der Waals surface area contributed by atoms with Crippen molar-refractivity contribution >= 4 is 6.48 Å². The van der Waals surface area contributed by atoms with Crippen LogP contribution in [0, 0.1) is 25.2 Å². The number of rotatable bonds is 7. The summed E-state index contributed by atoms with van der Waals surface area (Å²) in [5.74, 6) is 0.525. The van der Waals surface area contributed by atoms with Crippen molar-refractivity contribution in [2.75, 3.05) is 0 Å². The van der Waals surface area contributed by atoms with Crippen LogP contribution in [0.5, 0.6) is 0 Å². The van der Waals surface area contributed by atoms with Crippen molar-refractivity contribution in [3.63, 3.8) is 0 Å². The molecule has 1 atom stereocenters. The summed E-state index contributed by atoms with van der Waals surface area (Å²) in [6.45, 7) is 14.1. The number of hydrogen-bond donors (Lipinski definition) is 0. The second kappa shape index (κ2) is 14.4. The Bertz CT molecular complexity index is 1680. The van der Waals surface area contributed by atoms with Gasteiger partial charge < -0.3 is 24.8 Å². The van der Waals surface area contributed by atoms with Gasteiger partial charge in [-0.3, -0.25) is 0 Å². The van der Waals surface area contributed by atoms with E-state index < -0.39 is 21.3 Å². The van der Waals surface area contributed by atoms with Crippen molar-refractivity contribution in [2.45, 2.75) is 67.2 Å². The molecule has 4 aromatic rings. The first-order valence-corrected chi connectivity index (χ1v) is 19.5. The Morgan fingerprint density at radius 1 is 0.795 bits per heavy atom. The zero-order valence-corrected chi connectivity index (χ0v) is 30.9. The predicted octanol–water partition coefficient (Wildman–Crippen LogP) is 4.07. The Labute approximate surface area is 285 Å². The summed E-state index contributed by atoms with van der Waals surface area (Å²) < 4.78 is 5.10. The van der Waals surface area contributed by atoms with Gasteiger partial charge >= 0.3 is 263 Å². The third-order valence-electron chi connectivity index (χ3n) is 9.18. The number of unbranched alkanes of at least 4 members (excludes halogenated alkanes) is 1. The molecule has 0 heterocycles. The number of hydrogen-bond acceptors (Lipinski definition) is 0. The number of benzene rings is 4. The van der Waals surface area contributed by atoms with Gasteiger partial charge in [0.05, 0.1) is 0 Å². The molecule has 0 N–H and O–H groups in total. The van der Waals surface area contributed by atoms with Gasteiger partial charge in [0.1, 0.15) is 0 Å². The molecule has 0 saturated carbocycles. The molecule has 0 fully saturated rings. The van der Waals surface area contributed by atoms with Crippen LogP contribution in [0.4, 0.5) is 0 Å². The molecule has 0 nitrogen and oxygen atoms in total. The molecule has 226 valence electrons. The molecule has 1 unspecified atom stereocenters. The van der Waals surface area contributed by atoms with Crippen LogP contribution in [0.1, 0.15) is 80.3 Å². The Kier molecular flexibility index (Phi) is 11.3. The molecule has 0 aliphatic heterocycles. The molecule has 6 rings (SSSR count). The molecule has 2 aliphatic carbocycles. The number of aryl methyl sites for hydroxylation is 2. The first kappa shape index (κ1) is 34.6. The summed E-state index contributed by atoms with van der Waals surface area (Å²) >= 11 is -2.80. The number of halogens is 2. The normalized spacial score (nSPS) is 14.7. The van der Waals surface area contributed by atoms with Crippen LogP contribution in [0.2, 0.25) is 0 Å². The first-order chi connectivity index (χ1) is 20.3. The van der Waals surface area contributed by atoms with Crippen molar-refractivity contribution in [1.29, 1.82) is 0 Å². The maximum absolute atomic E-state index is 2.80. The quantitative estimate of drug-likeness (QED) is 0.241. The largest absolute Gasteiger partial charge is 1.00 e. The van der Waals surface area contributed by atoms with Crippen molar-refractivity contribution < 1.29 is 46.1 Å². The van der Waals surface area contributed by atoms with E-state index >= 15 is 0 Å². The molecular weight excluding hydrogens is 655 g/mol. The predicted molar refractivity (Wildman–Crippen MR) is 179 cm³/mol. The van der Waals surface area contributed by atoms with Gasteiger partial charge in [0.25, 0.3) is 0 Å². The van der Waals surface area contributed by atoms with Crippen molar-refractivity contribution in [3.8, 4) is 11.1 Å². The van der Waals surface area contributed by atoms with Gasteiger partial charge in [-0.15, -0.1) is 0 Å². The van der Waals surface area contributed by atoms with Gasteiger partial charge in [-0.25, -0.2) is 0 Å². The summed E-state index contributed by atoms with van der Waals surface area (Å²) in [6.07, 6.45) is 10.2. The fraction of sp³-hybridized carbons (Fsp3) is 0.293. The minimum Gasteiger partial charge on any atom is -1.00 e. The minimum atomic E-state index is -2.80. The zero-order valence-electron chi connectivity index (χ0n) is 27.0. The van der Waals surface area contributed by atoms with Crippen LogP contribution in [-0.4, -0.2) is 3.21 Å². The van der Waals surface area contributed by atoms with Gasteiger partial charge in [-0.05, 0) is 0 Å². The average molecular weight is 699 g/mol. The fourth-order valence-electron chi connectivity index (χ4n) is 6.97. The van der Waals surface area contributed by atoms with Crippen LogP contribution >= 0.6 is 0 Å². The minimum absolute atomic E-state index is 0. The fourth-order valence-corrected chi connectivity index (χ4v) is 15.9. The van der Waals surface area contributed by atoms with Crippen LogP contribution in [-0.2, 0) is 27.7 Å². The molecule has 3 heteroatoms. The molecule has 4 aromatic carbocycles. The van der Waals surface area contributed by atoms with Crippen molar-refractivity contribution in [2.24, 2.45) is 11.3 Å². The van der Waals surface area contributed by atoms with E-state index in [0.717, 1.165) is 6.42 Å². The number of fused-ring (bicyclic) bond motifs is 3. The molecule has 44 heavy (non-hydrogen) atoms. The second-order valence-corrected chi connectivity index (χ2v) is 19.0. The summed E-state index contributed by atoms with van der Waals surface area (Å²) in [7, 11) is 0. The summed E-state index contributed by atoms with van der Waals surface area (Å²) in [5.41, 5.74) is 13.3. The van der Waals surface area contributed by atoms with Gasteiger partial charge in [0.2, 0.25) is 0 Å². The van der Waals surface area contributed by atoms with Gasteiger partial charge in [-0.1, -0.05) is 0 Å². The van der Waals surface area contributed by atoms with Gasteiger partial charge in [0, 0.05) is 0 Å². The maximum Gasteiger partial charge on any atom is -1.00 e. The van der Waals surface area contributed by atoms with E-state index in [4.69, 9.17) is 0 Å². The molecule has 0 saturated heterocycles. The average Bonchev–Trinajstić information content (AvgIpc) is 3.57. The van der Waals surface area contributed by atoms with Gasteiger partial charge in [0.15, 0.2) is 0 Å². The maximum atomic E-state index is 2.69. The zero-order chi connectivity index (χ0) is 29.4. The third-order valence-corrected chi connectivity index (χ3v) is 17.5. The molecule has 0 amide bonds. The third kappa shape index (κ3) is 6.77. The standard InChI is InChI=1S/C15H13.C13H10.C13H21.2ClH.Zr/c1-10-3-5-14-12(7-10)9-13-8-11(2)4-6-15(13)14;1-3-7-12(8-4-1)11-13-9-5-2-6-10-13;1-5-6-7-11-8-9-12(10-11)13(2,3)4;;;/h3-7H,9H2,1-2H3;1-10H;9-11H,5-7H2,1-4H3;2*1H;/q;;;;;+2/p-2. The topological polar surface area (TPSA) is 0 Å². The Morgan fingerprint density at radius 2 is 1.41 bits per heavy atom. The summed E-state index contributed by atoms with van der Waals surface area (Å²) in [6, 6.07) is 34.7. The number of allylic oxidation sites excluding steroid dienone is 4. The molecule has 0 aromatic heterocycles. The molecule has 0 radical (unpaired) electrons. The second-order valence-electron chi connectivity index (χ2n) is 13.3. The van der Waals surface area contributed by atoms with Crippen LogP contribution < -0.4 is 28.1 Å². The first-order valence-electron chi connectivity index (χ1n) is 15.8. The van der Waals surface area contributed by atoms with Crippen LogP contribution in [0.3, 0.4) is 0 Å². The monoisotopic (exact) mass is 696 g/mol. The Morgan fingerprint density at radius 3 is 2.00 bits per heavy atom. The smallest absolute Gasteiger partial charge is 1.00 e. The van der Waals surface area contributed by atoms with Crippen LogP contribution in [0.15, 0.2) is 112 Å². The Balaban J connectivity index is 0.00000221. The molecule has 0 bridgehead atoms. The van der Waals surface area contributed by atoms with E-state index in [1.54, 1.807) is 15.3 Å². The molecular formula is C41H44Cl2Zr. The molecule has 2 aliphatic rings. The van der Waals surface area contributed by atoms with E-state index in [1.807, 2.05) is 0 Å². The van der Waals surface area contributed by atoms with Crippen molar-refractivity contribution in [1.82, 2.24) is 0 Å². The SMILES string of the molecule is CCCCC1C=C(C(C)(C)C)C=[C]1[Zr+2](=[C](c1ccccc1)c1ccccc1)[c]1c(C)ccc2c1Cc1cc(C)ccc1-2.[Cl-].[Cl-]. The van der Waals surface area contributed by atoms with E-state index in [1.165, 1.54) is 63.8 Å². The summed E-state index contributed by atoms with van der Waals surface area (Å²) in [5, 5.41) is 0. The van der Waals surface area contributed by atoms with E-state index in [2.05, 4.69) is 145 Å². The van der Waals surface area contributed by atoms with E-state index in [9.17, 15) is 0 Å². The Hall–Kier alpha value is -2.31. The van der Waals surface area contributed by atoms with Crippen LogP contribution in [0.25, 0.3) is 11.1 Å². The van der Waals surface area contributed by atoms with Crippen molar-refractivity contribution in [3.05, 3.63) is 145 Å². The van der Waals surface area contributed by atoms with E-state index in [-0.39, 0.29) is 30.2 Å². The summed E-state index contributed by atoms with van der Waals surface area (Å²) in [4.78, 5) is 0.